The Hall–Kier alpha value is -6.29. The summed E-state index contributed by atoms with van der Waals surface area (Å²) in [7, 11) is -4.67. The Kier molecular flexibility index (Phi) is 12.4. The smallest absolute Gasteiger partial charge is 0.394 e. The first-order valence-electron chi connectivity index (χ1n) is 14.5. The molecular weight excluding hydrogens is 648 g/mol. The van der Waals surface area contributed by atoms with Crippen molar-refractivity contribution in [2.45, 2.75) is 13.1 Å². The zero-order chi connectivity index (χ0) is 35.2. The second-order valence-corrected chi connectivity index (χ2v) is 10.9. The van der Waals surface area contributed by atoms with E-state index < -0.39 is 10.4 Å². The molecule has 0 spiro atoms. The predicted octanol–water partition coefficient (Wildman–Crippen LogP) is 4.91. The third kappa shape index (κ3) is 11.5. The highest BCUT2D eigenvalue weighted by atomic mass is 32.3. The molecule has 0 bridgehead atoms. The van der Waals surface area contributed by atoms with Crippen LogP contribution >= 0.6 is 0 Å². The van der Waals surface area contributed by atoms with E-state index in [9.17, 15) is 0 Å². The molecule has 0 aliphatic rings. The number of benzene rings is 4. The van der Waals surface area contributed by atoms with Crippen LogP contribution in [0, 0.1) is 0 Å². The van der Waals surface area contributed by atoms with Crippen molar-refractivity contribution in [3.8, 4) is 45.2 Å². The van der Waals surface area contributed by atoms with Crippen molar-refractivity contribution in [3.63, 3.8) is 0 Å². The molecular formula is C34H34N8O6S. The Morgan fingerprint density at radius 1 is 0.531 bits per heavy atom. The van der Waals surface area contributed by atoms with Gasteiger partial charge in [0.2, 0.25) is 11.8 Å². The lowest BCUT2D eigenvalue weighted by molar-refractivity contribution is 0.381. The molecule has 0 aliphatic carbocycles. The van der Waals surface area contributed by atoms with Gasteiger partial charge in [-0.15, -0.1) is 0 Å². The standard InChI is InChI=1S/2C17H16N4O.H2O4S/c2*18-17(19)20-11-14-21-15(12-7-3-1-4-8-12)16(22-14)13-9-5-2-6-10-13;1-5(2,3)4/h2*1-10H,11H2,(H4,18,19,20);(H2,1,2,3,4). The molecule has 0 saturated heterocycles. The molecule has 0 amide bonds. The van der Waals surface area contributed by atoms with Gasteiger partial charge < -0.3 is 31.8 Å². The number of hydrogen-bond acceptors (Lipinski definition) is 8. The minimum Gasteiger partial charge on any atom is -0.438 e. The number of rotatable bonds is 8. The summed E-state index contributed by atoms with van der Waals surface area (Å²) >= 11 is 0. The molecule has 10 N–H and O–H groups in total. The van der Waals surface area contributed by atoms with Crippen molar-refractivity contribution in [3.05, 3.63) is 133 Å². The summed E-state index contributed by atoms with van der Waals surface area (Å²) in [6, 6.07) is 39.5. The van der Waals surface area contributed by atoms with E-state index in [1.165, 1.54) is 0 Å². The third-order valence-corrected chi connectivity index (χ3v) is 6.30. The predicted molar refractivity (Wildman–Crippen MR) is 188 cm³/mol. The van der Waals surface area contributed by atoms with Crippen molar-refractivity contribution in [1.29, 1.82) is 0 Å². The fourth-order valence-corrected chi connectivity index (χ4v) is 4.34. The quantitative estimate of drug-likeness (QED) is 0.0711. The van der Waals surface area contributed by atoms with Gasteiger partial charge >= 0.3 is 10.4 Å². The lowest BCUT2D eigenvalue weighted by Crippen LogP contribution is -2.22. The van der Waals surface area contributed by atoms with Gasteiger partial charge in [0.1, 0.15) is 24.5 Å². The van der Waals surface area contributed by atoms with Gasteiger partial charge in [-0.25, -0.2) is 20.0 Å². The summed E-state index contributed by atoms with van der Waals surface area (Å²) in [5.74, 6) is 2.42. The molecule has 0 fully saturated rings. The van der Waals surface area contributed by atoms with E-state index in [1.54, 1.807) is 0 Å². The summed E-state index contributed by atoms with van der Waals surface area (Å²) in [5, 5.41) is 0. The largest absolute Gasteiger partial charge is 0.438 e. The van der Waals surface area contributed by atoms with E-state index in [0.717, 1.165) is 33.6 Å². The number of aromatic nitrogens is 2. The van der Waals surface area contributed by atoms with Crippen LogP contribution in [0.1, 0.15) is 11.8 Å². The highest BCUT2D eigenvalue weighted by molar-refractivity contribution is 7.79. The Bertz CT molecular complexity index is 1820. The van der Waals surface area contributed by atoms with E-state index in [-0.39, 0.29) is 25.0 Å². The molecule has 0 unspecified atom stereocenters. The second kappa shape index (κ2) is 17.0. The number of hydrogen-bond donors (Lipinski definition) is 6. The van der Waals surface area contributed by atoms with Crippen LogP contribution in [0.3, 0.4) is 0 Å². The van der Waals surface area contributed by atoms with Crippen LogP contribution < -0.4 is 22.9 Å². The lowest BCUT2D eigenvalue weighted by atomic mass is 10.1. The van der Waals surface area contributed by atoms with Gasteiger partial charge in [0, 0.05) is 22.3 Å². The van der Waals surface area contributed by atoms with Gasteiger partial charge in [0.05, 0.1) is 0 Å². The van der Waals surface area contributed by atoms with Gasteiger partial charge in [0.15, 0.2) is 23.4 Å². The first-order valence-corrected chi connectivity index (χ1v) is 15.9. The molecule has 2 aromatic heterocycles. The van der Waals surface area contributed by atoms with Gasteiger partial charge in [-0.3, -0.25) is 9.11 Å². The Morgan fingerprint density at radius 3 is 1.06 bits per heavy atom. The monoisotopic (exact) mass is 682 g/mol. The Balaban J connectivity index is 0.000000194. The maximum absolute atomic E-state index is 8.74. The van der Waals surface area contributed by atoms with Crippen molar-refractivity contribution < 1.29 is 26.4 Å². The molecule has 0 radical (unpaired) electrons. The third-order valence-electron chi connectivity index (χ3n) is 6.30. The molecule has 49 heavy (non-hydrogen) atoms. The molecule has 0 saturated carbocycles. The zero-order valence-corrected chi connectivity index (χ0v) is 26.8. The first kappa shape index (κ1) is 35.6. The number of oxazole rings is 2. The maximum Gasteiger partial charge on any atom is 0.394 e. The molecule has 4 aromatic carbocycles. The van der Waals surface area contributed by atoms with Crippen molar-refractivity contribution in [2.24, 2.45) is 32.9 Å². The summed E-state index contributed by atoms with van der Waals surface area (Å²) in [6.45, 7) is 0.435. The van der Waals surface area contributed by atoms with E-state index in [1.807, 2.05) is 121 Å². The van der Waals surface area contributed by atoms with Crippen LogP contribution in [0.15, 0.2) is 140 Å². The SMILES string of the molecule is NC(N)=NCc1nc(-c2ccccc2)c(-c2ccccc2)o1.NC(N)=NCc1nc(-c2ccccc2)c(-c2ccccc2)o1.O=S(=O)(O)O. The number of aliphatic imine (C=N–C) groups is 2. The van der Waals surface area contributed by atoms with Gasteiger partial charge in [-0.05, 0) is 0 Å². The summed E-state index contributed by atoms with van der Waals surface area (Å²) in [4.78, 5) is 17.0. The van der Waals surface area contributed by atoms with E-state index in [0.29, 0.717) is 23.3 Å². The van der Waals surface area contributed by atoms with Crippen LogP contribution in [0.2, 0.25) is 0 Å². The summed E-state index contributed by atoms with van der Waals surface area (Å²) in [6.07, 6.45) is 0. The topological polar surface area (TPSA) is 255 Å². The summed E-state index contributed by atoms with van der Waals surface area (Å²) in [5.41, 5.74) is 26.9. The van der Waals surface area contributed by atoms with Gasteiger partial charge in [0.25, 0.3) is 0 Å². The van der Waals surface area contributed by atoms with Crippen molar-refractivity contribution in [1.82, 2.24) is 9.97 Å². The highest BCUT2D eigenvalue weighted by Gasteiger charge is 2.17. The van der Waals surface area contributed by atoms with Crippen LogP contribution in [-0.2, 0) is 23.5 Å². The van der Waals surface area contributed by atoms with Crippen molar-refractivity contribution >= 4 is 22.3 Å². The van der Waals surface area contributed by atoms with Crippen LogP contribution in [0.4, 0.5) is 0 Å². The van der Waals surface area contributed by atoms with Crippen LogP contribution in [0.25, 0.3) is 45.2 Å². The molecule has 15 heteroatoms. The van der Waals surface area contributed by atoms with Crippen LogP contribution in [0.5, 0.6) is 0 Å². The van der Waals surface area contributed by atoms with E-state index in [2.05, 4.69) is 20.0 Å². The van der Waals surface area contributed by atoms with Gasteiger partial charge in [-0.1, -0.05) is 121 Å². The molecule has 14 nitrogen and oxygen atoms in total. The van der Waals surface area contributed by atoms with Crippen LogP contribution in [-0.4, -0.2) is 39.4 Å². The molecule has 6 rings (SSSR count). The molecule has 6 aromatic rings. The fraction of sp³-hybridized carbons (Fsp3) is 0.0588. The Labute approximate surface area is 282 Å². The Morgan fingerprint density at radius 2 is 0.796 bits per heavy atom. The lowest BCUT2D eigenvalue weighted by Gasteiger charge is -2.00. The average molecular weight is 683 g/mol. The maximum atomic E-state index is 8.74. The minimum absolute atomic E-state index is 0.0146. The number of nitrogens with zero attached hydrogens (tertiary/aromatic N) is 4. The van der Waals surface area contributed by atoms with E-state index >= 15 is 0 Å². The fourth-order valence-electron chi connectivity index (χ4n) is 4.34. The molecule has 0 aliphatic heterocycles. The second-order valence-electron chi connectivity index (χ2n) is 9.96. The average Bonchev–Trinajstić information content (AvgIpc) is 3.73. The number of nitrogens with two attached hydrogens (primary N) is 4. The van der Waals surface area contributed by atoms with E-state index in [4.69, 9.17) is 49.3 Å². The molecule has 0 atom stereocenters. The normalized spacial score (nSPS) is 10.5. The minimum atomic E-state index is -4.67. The van der Waals surface area contributed by atoms with Gasteiger partial charge in [-0.2, -0.15) is 8.42 Å². The zero-order valence-electron chi connectivity index (χ0n) is 26.0. The highest BCUT2D eigenvalue weighted by Crippen LogP contribution is 2.34. The molecule has 2 heterocycles. The molecule has 252 valence electrons. The first-order chi connectivity index (χ1) is 23.5. The van der Waals surface area contributed by atoms with Crippen molar-refractivity contribution in [2.75, 3.05) is 0 Å². The number of guanidine groups is 2. The summed E-state index contributed by atoms with van der Waals surface area (Å²) < 4.78 is 43.3.